The van der Waals surface area contributed by atoms with E-state index in [1.54, 1.807) is 12.1 Å². The van der Waals surface area contributed by atoms with Gasteiger partial charge in [-0.2, -0.15) is 14.0 Å². The van der Waals surface area contributed by atoms with E-state index in [9.17, 15) is 8.78 Å². The molecule has 0 atom stereocenters. The van der Waals surface area contributed by atoms with Crippen LogP contribution in [0.25, 0.3) is 0 Å². The lowest BCUT2D eigenvalue weighted by molar-refractivity contribution is 0.0612. The van der Waals surface area contributed by atoms with Crippen molar-refractivity contribution in [2.75, 3.05) is 0 Å². The molecule has 1 nitrogen and oxygen atoms in total. The standard InChI is InChI=1S/C14H15F2N/c15-14(16,10-17)13-8-6-12(7-9-13)11-4-2-1-3-5-11/h6-9,11H,1-5H2. The first kappa shape index (κ1) is 12.0. The molecule has 0 spiro atoms. The fraction of sp³-hybridized carbons (Fsp3) is 0.500. The van der Waals surface area contributed by atoms with Gasteiger partial charge in [-0.05, 0) is 24.3 Å². The van der Waals surface area contributed by atoms with Crippen molar-refractivity contribution < 1.29 is 8.78 Å². The number of halogens is 2. The van der Waals surface area contributed by atoms with Gasteiger partial charge in [0.1, 0.15) is 6.07 Å². The molecule has 0 saturated heterocycles. The summed E-state index contributed by atoms with van der Waals surface area (Å²) < 4.78 is 26.2. The average Bonchev–Trinajstić information content (AvgIpc) is 2.40. The Morgan fingerprint density at radius 3 is 2.18 bits per heavy atom. The number of nitriles is 1. The predicted octanol–water partition coefficient (Wildman–Crippen LogP) is 4.35. The molecule has 0 N–H and O–H groups in total. The molecular formula is C14H15F2N. The van der Waals surface area contributed by atoms with Crippen molar-refractivity contribution in [1.82, 2.24) is 0 Å². The first-order valence-electron chi connectivity index (χ1n) is 6.03. The molecule has 3 heteroatoms. The van der Waals surface area contributed by atoms with Crippen molar-refractivity contribution in [3.8, 4) is 6.07 Å². The summed E-state index contributed by atoms with van der Waals surface area (Å²) in [7, 11) is 0. The van der Waals surface area contributed by atoms with Gasteiger partial charge in [-0.3, -0.25) is 0 Å². The predicted molar refractivity (Wildman–Crippen MR) is 61.8 cm³/mol. The molecule has 0 bridgehead atoms. The second-order valence-corrected chi connectivity index (χ2v) is 4.64. The fourth-order valence-corrected chi connectivity index (χ4v) is 2.47. The molecule has 0 unspecified atom stereocenters. The monoisotopic (exact) mass is 235 g/mol. The first-order valence-corrected chi connectivity index (χ1v) is 6.03. The highest BCUT2D eigenvalue weighted by Gasteiger charge is 2.31. The van der Waals surface area contributed by atoms with Gasteiger partial charge < -0.3 is 0 Å². The van der Waals surface area contributed by atoms with Crippen molar-refractivity contribution in [2.24, 2.45) is 0 Å². The Hall–Kier alpha value is -1.43. The van der Waals surface area contributed by atoms with Crippen LogP contribution in [0, 0.1) is 11.3 Å². The van der Waals surface area contributed by atoms with Crippen molar-refractivity contribution in [2.45, 2.75) is 43.9 Å². The van der Waals surface area contributed by atoms with Crippen LogP contribution < -0.4 is 0 Å². The van der Waals surface area contributed by atoms with Gasteiger partial charge in [0.05, 0.1) is 0 Å². The van der Waals surface area contributed by atoms with Gasteiger partial charge in [-0.25, -0.2) is 0 Å². The molecule has 0 aromatic heterocycles. The molecule has 2 rings (SSSR count). The van der Waals surface area contributed by atoms with Crippen LogP contribution in [0.1, 0.15) is 49.1 Å². The van der Waals surface area contributed by atoms with Crippen molar-refractivity contribution in [3.63, 3.8) is 0 Å². The summed E-state index contributed by atoms with van der Waals surface area (Å²) in [5.74, 6) is -2.86. The molecule has 17 heavy (non-hydrogen) atoms. The molecule has 90 valence electrons. The zero-order valence-corrected chi connectivity index (χ0v) is 9.63. The molecule has 0 radical (unpaired) electrons. The lowest BCUT2D eigenvalue weighted by Gasteiger charge is -2.22. The minimum absolute atomic E-state index is 0.209. The van der Waals surface area contributed by atoms with E-state index in [-0.39, 0.29) is 5.56 Å². The largest absolute Gasteiger partial charge is 0.357 e. The summed E-state index contributed by atoms with van der Waals surface area (Å²) in [6.07, 6.45) is 6.02. The van der Waals surface area contributed by atoms with E-state index >= 15 is 0 Å². The third-order valence-electron chi connectivity index (χ3n) is 3.49. The van der Waals surface area contributed by atoms with Gasteiger partial charge >= 0.3 is 5.92 Å². The van der Waals surface area contributed by atoms with Crippen LogP contribution in [0.4, 0.5) is 8.78 Å². The molecule has 1 aromatic rings. The molecule has 0 heterocycles. The maximum atomic E-state index is 13.1. The van der Waals surface area contributed by atoms with Crippen LogP contribution in [-0.2, 0) is 5.92 Å². The van der Waals surface area contributed by atoms with E-state index < -0.39 is 5.92 Å². The average molecular weight is 235 g/mol. The summed E-state index contributed by atoms with van der Waals surface area (Å²) in [5.41, 5.74) is 0.918. The quantitative estimate of drug-likeness (QED) is 0.747. The van der Waals surface area contributed by atoms with Crippen molar-refractivity contribution >= 4 is 0 Å². The Kier molecular flexibility index (Phi) is 3.42. The minimum atomic E-state index is -3.37. The van der Waals surface area contributed by atoms with E-state index in [1.807, 2.05) is 0 Å². The highest BCUT2D eigenvalue weighted by Crippen LogP contribution is 2.34. The maximum absolute atomic E-state index is 13.1. The summed E-state index contributed by atoms with van der Waals surface area (Å²) in [4.78, 5) is 0. The lowest BCUT2D eigenvalue weighted by atomic mass is 9.84. The number of hydrogen-bond donors (Lipinski definition) is 0. The summed E-state index contributed by atoms with van der Waals surface area (Å²) in [6.45, 7) is 0. The number of alkyl halides is 2. The lowest BCUT2D eigenvalue weighted by Crippen LogP contribution is -2.10. The summed E-state index contributed by atoms with van der Waals surface area (Å²) in [6, 6.07) is 7.28. The Balaban J connectivity index is 2.15. The topological polar surface area (TPSA) is 23.8 Å². The third-order valence-corrected chi connectivity index (χ3v) is 3.49. The fourth-order valence-electron chi connectivity index (χ4n) is 2.47. The first-order chi connectivity index (χ1) is 8.13. The van der Waals surface area contributed by atoms with E-state index in [0.717, 1.165) is 24.5 Å². The minimum Gasteiger partial charge on any atom is -0.191 e. The van der Waals surface area contributed by atoms with E-state index in [2.05, 4.69) is 0 Å². The number of nitrogens with zero attached hydrogens (tertiary/aromatic N) is 1. The normalized spacial score (nSPS) is 17.7. The van der Waals surface area contributed by atoms with E-state index in [0.29, 0.717) is 5.92 Å². The van der Waals surface area contributed by atoms with Crippen molar-refractivity contribution in [1.29, 1.82) is 5.26 Å². The van der Waals surface area contributed by atoms with Crippen LogP contribution >= 0.6 is 0 Å². The highest BCUT2D eigenvalue weighted by molar-refractivity contribution is 5.31. The zero-order chi connectivity index (χ0) is 12.3. The second kappa shape index (κ2) is 4.83. The highest BCUT2D eigenvalue weighted by atomic mass is 19.3. The van der Waals surface area contributed by atoms with E-state index in [1.165, 1.54) is 31.4 Å². The molecule has 0 aliphatic heterocycles. The second-order valence-electron chi connectivity index (χ2n) is 4.64. The Labute approximate surface area is 100 Å². The van der Waals surface area contributed by atoms with Gasteiger partial charge in [0.15, 0.2) is 0 Å². The molecule has 1 fully saturated rings. The Morgan fingerprint density at radius 1 is 1.06 bits per heavy atom. The number of rotatable bonds is 2. The Morgan fingerprint density at radius 2 is 1.65 bits per heavy atom. The summed E-state index contributed by atoms with van der Waals surface area (Å²) >= 11 is 0. The molecule has 1 aliphatic rings. The van der Waals surface area contributed by atoms with Gasteiger partial charge in [-0.15, -0.1) is 0 Å². The van der Waals surface area contributed by atoms with Crippen LogP contribution in [0.3, 0.4) is 0 Å². The maximum Gasteiger partial charge on any atom is 0.357 e. The van der Waals surface area contributed by atoms with E-state index in [4.69, 9.17) is 5.26 Å². The molecule has 1 saturated carbocycles. The molecule has 1 aromatic carbocycles. The van der Waals surface area contributed by atoms with Crippen LogP contribution in [0.5, 0.6) is 0 Å². The van der Waals surface area contributed by atoms with Crippen molar-refractivity contribution in [3.05, 3.63) is 35.4 Å². The molecular weight excluding hydrogens is 220 g/mol. The smallest absolute Gasteiger partial charge is 0.191 e. The van der Waals surface area contributed by atoms with Crippen LogP contribution in [-0.4, -0.2) is 0 Å². The third kappa shape index (κ3) is 2.63. The zero-order valence-electron chi connectivity index (χ0n) is 9.63. The van der Waals surface area contributed by atoms with Crippen LogP contribution in [0.2, 0.25) is 0 Å². The van der Waals surface area contributed by atoms with Gasteiger partial charge in [0.25, 0.3) is 0 Å². The summed E-state index contributed by atoms with van der Waals surface area (Å²) in [5, 5.41) is 8.37. The van der Waals surface area contributed by atoms with Gasteiger partial charge in [0.2, 0.25) is 0 Å². The number of hydrogen-bond acceptors (Lipinski definition) is 1. The van der Waals surface area contributed by atoms with Gasteiger partial charge in [0, 0.05) is 5.56 Å². The molecule has 1 aliphatic carbocycles. The Bertz CT molecular complexity index is 411. The number of benzene rings is 1. The molecule has 0 amide bonds. The van der Waals surface area contributed by atoms with Gasteiger partial charge in [-0.1, -0.05) is 43.5 Å². The SMILES string of the molecule is N#CC(F)(F)c1ccc(C2CCCCC2)cc1. The van der Waals surface area contributed by atoms with Crippen LogP contribution in [0.15, 0.2) is 24.3 Å².